The molecule has 6 heteroatoms. The average Bonchev–Trinajstić information content (AvgIpc) is 2.68. The van der Waals surface area contributed by atoms with Crippen LogP contribution in [0.3, 0.4) is 0 Å². The van der Waals surface area contributed by atoms with Crippen molar-refractivity contribution in [1.82, 2.24) is 15.1 Å². The van der Waals surface area contributed by atoms with Crippen LogP contribution in [0, 0.1) is 18.6 Å². The van der Waals surface area contributed by atoms with Gasteiger partial charge in [-0.1, -0.05) is 30.3 Å². The standard InChI is InChI=1S/C22H27F2N3O/c1-16-5-3-4-6-18(16)15-26-9-11-27(12-10-26)22(28)14-25-17(2)20-8-7-19(23)13-21(20)24/h3-8,13,17,25H,9-12,14-15H2,1-2H3. The molecule has 0 aliphatic carbocycles. The highest BCUT2D eigenvalue weighted by molar-refractivity contribution is 5.78. The predicted octanol–water partition coefficient (Wildman–Crippen LogP) is 3.27. The molecule has 1 amide bonds. The molecule has 0 spiro atoms. The molecule has 2 aromatic carbocycles. The van der Waals surface area contributed by atoms with Crippen molar-refractivity contribution in [2.75, 3.05) is 32.7 Å². The van der Waals surface area contributed by atoms with Crippen molar-refractivity contribution >= 4 is 5.91 Å². The number of carbonyl (C=O) groups excluding carboxylic acids is 1. The van der Waals surface area contributed by atoms with Crippen LogP contribution < -0.4 is 5.32 Å². The van der Waals surface area contributed by atoms with E-state index >= 15 is 0 Å². The van der Waals surface area contributed by atoms with Gasteiger partial charge in [-0.05, 0) is 31.0 Å². The van der Waals surface area contributed by atoms with Crippen LogP contribution in [-0.2, 0) is 11.3 Å². The number of hydrogen-bond donors (Lipinski definition) is 1. The lowest BCUT2D eigenvalue weighted by Gasteiger charge is -2.35. The summed E-state index contributed by atoms with van der Waals surface area (Å²) in [6.07, 6.45) is 0. The van der Waals surface area contributed by atoms with E-state index in [0.29, 0.717) is 18.7 Å². The van der Waals surface area contributed by atoms with Gasteiger partial charge in [-0.3, -0.25) is 9.69 Å². The van der Waals surface area contributed by atoms with Crippen LogP contribution in [0.15, 0.2) is 42.5 Å². The van der Waals surface area contributed by atoms with E-state index in [1.54, 1.807) is 6.92 Å². The van der Waals surface area contributed by atoms with E-state index in [0.717, 1.165) is 25.7 Å². The summed E-state index contributed by atoms with van der Waals surface area (Å²) in [5.74, 6) is -1.20. The van der Waals surface area contributed by atoms with Crippen molar-refractivity contribution in [1.29, 1.82) is 0 Å². The summed E-state index contributed by atoms with van der Waals surface area (Å²) in [5, 5.41) is 3.05. The summed E-state index contributed by atoms with van der Waals surface area (Å²) in [6, 6.07) is 11.5. The highest BCUT2D eigenvalue weighted by Gasteiger charge is 2.22. The Morgan fingerprint density at radius 2 is 1.82 bits per heavy atom. The number of rotatable bonds is 6. The van der Waals surface area contributed by atoms with Crippen LogP contribution in [0.5, 0.6) is 0 Å². The number of nitrogens with zero attached hydrogens (tertiary/aromatic N) is 2. The molecule has 1 N–H and O–H groups in total. The minimum atomic E-state index is -0.604. The predicted molar refractivity (Wildman–Crippen MR) is 106 cm³/mol. The Bertz CT molecular complexity index is 819. The lowest BCUT2D eigenvalue weighted by molar-refractivity contribution is -0.132. The number of hydrogen-bond acceptors (Lipinski definition) is 3. The fraction of sp³-hybridized carbons (Fsp3) is 0.409. The first-order valence-electron chi connectivity index (χ1n) is 9.67. The highest BCUT2D eigenvalue weighted by Crippen LogP contribution is 2.18. The normalized spacial score (nSPS) is 16.2. The van der Waals surface area contributed by atoms with Crippen LogP contribution in [0.25, 0.3) is 0 Å². The quantitative estimate of drug-likeness (QED) is 0.826. The molecule has 1 aliphatic rings. The van der Waals surface area contributed by atoms with Gasteiger partial charge in [0.15, 0.2) is 0 Å². The van der Waals surface area contributed by atoms with Crippen LogP contribution in [-0.4, -0.2) is 48.4 Å². The van der Waals surface area contributed by atoms with Crippen molar-refractivity contribution in [2.45, 2.75) is 26.4 Å². The fourth-order valence-electron chi connectivity index (χ4n) is 3.50. The Morgan fingerprint density at radius 1 is 1.11 bits per heavy atom. The smallest absolute Gasteiger partial charge is 0.236 e. The van der Waals surface area contributed by atoms with E-state index in [4.69, 9.17) is 0 Å². The third-order valence-electron chi connectivity index (χ3n) is 5.37. The van der Waals surface area contributed by atoms with Crippen molar-refractivity contribution < 1.29 is 13.6 Å². The van der Waals surface area contributed by atoms with Crippen molar-refractivity contribution in [2.24, 2.45) is 0 Å². The maximum atomic E-state index is 13.8. The SMILES string of the molecule is Cc1ccccc1CN1CCN(C(=O)CNC(C)c2ccc(F)cc2F)CC1. The Kier molecular flexibility index (Phi) is 6.75. The second-order valence-electron chi connectivity index (χ2n) is 7.35. The summed E-state index contributed by atoms with van der Waals surface area (Å²) in [4.78, 5) is 16.7. The van der Waals surface area contributed by atoms with E-state index in [-0.39, 0.29) is 18.5 Å². The van der Waals surface area contributed by atoms with Gasteiger partial charge in [0, 0.05) is 50.4 Å². The summed E-state index contributed by atoms with van der Waals surface area (Å²) in [6.45, 7) is 7.96. The van der Waals surface area contributed by atoms with E-state index in [2.05, 4.69) is 35.3 Å². The van der Waals surface area contributed by atoms with E-state index in [1.807, 2.05) is 11.0 Å². The van der Waals surface area contributed by atoms with Crippen LogP contribution in [0.2, 0.25) is 0 Å². The van der Waals surface area contributed by atoms with Gasteiger partial charge in [0.25, 0.3) is 0 Å². The van der Waals surface area contributed by atoms with Gasteiger partial charge >= 0.3 is 0 Å². The lowest BCUT2D eigenvalue weighted by Crippen LogP contribution is -2.50. The first kappa shape index (κ1) is 20.4. The van der Waals surface area contributed by atoms with E-state index in [1.165, 1.54) is 23.3 Å². The number of carbonyl (C=O) groups is 1. The van der Waals surface area contributed by atoms with Crippen LogP contribution in [0.1, 0.15) is 29.7 Å². The molecule has 1 atom stereocenters. The van der Waals surface area contributed by atoms with Gasteiger partial charge in [0.1, 0.15) is 11.6 Å². The lowest BCUT2D eigenvalue weighted by atomic mass is 10.1. The first-order chi connectivity index (χ1) is 13.4. The monoisotopic (exact) mass is 387 g/mol. The molecule has 28 heavy (non-hydrogen) atoms. The molecule has 1 unspecified atom stereocenters. The molecule has 0 saturated carbocycles. The molecule has 0 aromatic heterocycles. The first-order valence-corrected chi connectivity index (χ1v) is 9.67. The Morgan fingerprint density at radius 3 is 2.50 bits per heavy atom. The molecule has 1 heterocycles. The average molecular weight is 387 g/mol. The zero-order valence-electron chi connectivity index (χ0n) is 16.4. The Hall–Kier alpha value is -2.31. The molecule has 4 nitrogen and oxygen atoms in total. The number of aryl methyl sites for hydroxylation is 1. The summed E-state index contributed by atoms with van der Waals surface area (Å²) in [5.41, 5.74) is 2.96. The van der Waals surface area contributed by atoms with Gasteiger partial charge in [0.05, 0.1) is 6.54 Å². The van der Waals surface area contributed by atoms with Crippen LogP contribution in [0.4, 0.5) is 8.78 Å². The fourth-order valence-corrected chi connectivity index (χ4v) is 3.50. The molecule has 1 aliphatic heterocycles. The maximum Gasteiger partial charge on any atom is 0.236 e. The van der Waals surface area contributed by atoms with Gasteiger partial charge in [-0.2, -0.15) is 0 Å². The van der Waals surface area contributed by atoms with E-state index < -0.39 is 11.6 Å². The zero-order chi connectivity index (χ0) is 20.1. The molecule has 150 valence electrons. The van der Waals surface area contributed by atoms with Crippen molar-refractivity contribution in [3.05, 3.63) is 70.8 Å². The number of nitrogens with one attached hydrogen (secondary N) is 1. The van der Waals surface area contributed by atoms with Gasteiger partial charge < -0.3 is 10.2 Å². The van der Waals surface area contributed by atoms with Crippen LogP contribution >= 0.6 is 0 Å². The molecule has 2 aromatic rings. The Labute approximate surface area is 165 Å². The van der Waals surface area contributed by atoms with Gasteiger partial charge in [0.2, 0.25) is 5.91 Å². The summed E-state index contributed by atoms with van der Waals surface area (Å²) in [7, 11) is 0. The molecule has 0 radical (unpaired) electrons. The zero-order valence-corrected chi connectivity index (χ0v) is 16.4. The molecular weight excluding hydrogens is 360 g/mol. The molecular formula is C22H27F2N3O. The van der Waals surface area contributed by atoms with E-state index in [9.17, 15) is 13.6 Å². The van der Waals surface area contributed by atoms with Gasteiger partial charge in [-0.15, -0.1) is 0 Å². The van der Waals surface area contributed by atoms with Crippen molar-refractivity contribution in [3.63, 3.8) is 0 Å². The maximum absolute atomic E-state index is 13.8. The third kappa shape index (κ3) is 5.14. The second kappa shape index (κ2) is 9.26. The number of piperazine rings is 1. The largest absolute Gasteiger partial charge is 0.339 e. The topological polar surface area (TPSA) is 35.6 Å². The second-order valence-corrected chi connectivity index (χ2v) is 7.35. The third-order valence-corrected chi connectivity index (χ3v) is 5.37. The highest BCUT2D eigenvalue weighted by atomic mass is 19.1. The molecule has 3 rings (SSSR count). The molecule has 1 fully saturated rings. The summed E-state index contributed by atoms with van der Waals surface area (Å²) >= 11 is 0. The number of halogens is 2. The molecule has 1 saturated heterocycles. The Balaban J connectivity index is 1.45. The molecule has 0 bridgehead atoms. The summed E-state index contributed by atoms with van der Waals surface area (Å²) < 4.78 is 26.9. The minimum absolute atomic E-state index is 0.00455. The minimum Gasteiger partial charge on any atom is -0.339 e. The van der Waals surface area contributed by atoms with Gasteiger partial charge in [-0.25, -0.2) is 8.78 Å². The van der Waals surface area contributed by atoms with Crippen molar-refractivity contribution in [3.8, 4) is 0 Å². The number of benzene rings is 2. The number of amides is 1.